The van der Waals surface area contributed by atoms with Gasteiger partial charge in [-0.1, -0.05) is 11.6 Å². The Balaban J connectivity index is 0.000000303. The summed E-state index contributed by atoms with van der Waals surface area (Å²) in [6.45, 7) is 3.23. The number of aromatic nitrogens is 5. The lowest BCUT2D eigenvalue weighted by atomic mass is 10.2. The van der Waals surface area contributed by atoms with E-state index in [1.54, 1.807) is 13.8 Å². The molecule has 3 heterocycles. The number of methoxy groups -OCH3 is 2. The number of alkyl halides is 6. The average molecular weight is 842 g/mol. The SMILES string of the molecule is CC(C)OC(=O)c1cc(-n2c(=O)cc(C(F)(F)F)n(C)c2=O)ccc1Cl.COc1cc(OC)nc(NC(=O)NS(=O)(=O)c2nc(C(F)(F)F)ccc2C(=O)O)n1. The number of halogens is 7. The molecule has 302 valence electrons. The van der Waals surface area contributed by atoms with E-state index in [1.807, 2.05) is 5.32 Å². The summed E-state index contributed by atoms with van der Waals surface area (Å²) in [4.78, 5) is 69.9. The minimum absolute atomic E-state index is 0.0104. The van der Waals surface area contributed by atoms with Crippen molar-refractivity contribution in [3.8, 4) is 17.4 Å². The van der Waals surface area contributed by atoms with Gasteiger partial charge in [0.1, 0.15) is 11.4 Å². The van der Waals surface area contributed by atoms with E-state index < -0.39 is 85.6 Å². The first-order valence-corrected chi connectivity index (χ1v) is 16.7. The summed E-state index contributed by atoms with van der Waals surface area (Å²) in [5.41, 5.74) is -6.76. The molecule has 0 aliphatic carbocycles. The molecular formula is C30H26ClF6N7O11S. The average Bonchev–Trinajstić information content (AvgIpc) is 3.08. The number of pyridine rings is 1. The van der Waals surface area contributed by atoms with Gasteiger partial charge in [0.05, 0.1) is 48.2 Å². The van der Waals surface area contributed by atoms with Gasteiger partial charge >= 0.3 is 36.0 Å². The molecule has 4 rings (SSSR count). The van der Waals surface area contributed by atoms with Crippen LogP contribution in [-0.2, 0) is 34.2 Å². The fraction of sp³-hybridized carbons (Fsp3) is 0.267. The number of carboxylic acid groups (broad SMARTS) is 1. The minimum atomic E-state index is -5.14. The van der Waals surface area contributed by atoms with Crippen molar-refractivity contribution in [2.24, 2.45) is 7.05 Å². The van der Waals surface area contributed by atoms with Crippen molar-refractivity contribution < 1.29 is 68.5 Å². The molecule has 26 heteroatoms. The van der Waals surface area contributed by atoms with Gasteiger partial charge in [-0.25, -0.2) is 33.5 Å². The van der Waals surface area contributed by atoms with E-state index in [2.05, 4.69) is 15.0 Å². The maximum Gasteiger partial charge on any atom is 0.433 e. The van der Waals surface area contributed by atoms with Crippen molar-refractivity contribution in [3.63, 3.8) is 0 Å². The van der Waals surface area contributed by atoms with Crippen LogP contribution < -0.4 is 30.8 Å². The van der Waals surface area contributed by atoms with E-state index in [9.17, 15) is 58.7 Å². The summed E-state index contributed by atoms with van der Waals surface area (Å²) in [6, 6.07) is 4.33. The number of rotatable bonds is 9. The lowest BCUT2D eigenvalue weighted by molar-refractivity contribution is -0.144. The first-order valence-electron chi connectivity index (χ1n) is 14.8. The normalized spacial score (nSPS) is 11.6. The Morgan fingerprint density at radius 2 is 1.46 bits per heavy atom. The summed E-state index contributed by atoms with van der Waals surface area (Å²) in [7, 11) is -1.77. The maximum absolute atomic E-state index is 12.9. The molecule has 0 fully saturated rings. The van der Waals surface area contributed by atoms with E-state index in [-0.39, 0.29) is 28.0 Å². The second-order valence-corrected chi connectivity index (χ2v) is 12.9. The number of sulfonamides is 1. The quantitative estimate of drug-likeness (QED) is 0.160. The first-order chi connectivity index (χ1) is 25.8. The molecule has 0 aliphatic heterocycles. The van der Waals surface area contributed by atoms with E-state index >= 15 is 0 Å². The molecule has 3 N–H and O–H groups in total. The minimum Gasteiger partial charge on any atom is -0.481 e. The zero-order chi connectivity index (χ0) is 42.5. The molecule has 3 aromatic heterocycles. The van der Waals surface area contributed by atoms with Gasteiger partial charge in [0, 0.05) is 13.1 Å². The number of anilines is 1. The summed E-state index contributed by atoms with van der Waals surface area (Å²) in [5, 5.41) is 9.45. The Kier molecular flexibility index (Phi) is 13.4. The molecule has 2 amide bonds. The number of carbonyl (C=O) groups excluding carboxylic acids is 2. The smallest absolute Gasteiger partial charge is 0.433 e. The molecule has 0 aliphatic rings. The molecule has 18 nitrogen and oxygen atoms in total. The number of nitrogens with zero attached hydrogens (tertiary/aromatic N) is 5. The predicted octanol–water partition coefficient (Wildman–Crippen LogP) is 3.89. The topological polar surface area (TPSA) is 240 Å². The number of ether oxygens (including phenoxy) is 3. The summed E-state index contributed by atoms with van der Waals surface area (Å²) in [5.74, 6) is -3.27. The molecule has 0 saturated heterocycles. The van der Waals surface area contributed by atoms with Gasteiger partial charge in [0.2, 0.25) is 17.7 Å². The van der Waals surface area contributed by atoms with E-state index in [4.69, 9.17) is 30.9 Å². The molecular weight excluding hydrogens is 816 g/mol. The molecule has 0 spiro atoms. The number of esters is 1. The predicted molar refractivity (Wildman–Crippen MR) is 179 cm³/mol. The highest BCUT2D eigenvalue weighted by Crippen LogP contribution is 2.30. The number of hydrogen-bond acceptors (Lipinski definition) is 13. The van der Waals surface area contributed by atoms with Crippen LogP contribution in [0.25, 0.3) is 5.69 Å². The lowest BCUT2D eigenvalue weighted by Crippen LogP contribution is -2.40. The molecule has 0 unspecified atom stereocenters. The number of urea groups is 1. The standard InChI is InChI=1S/C16H14ClF3N2O4.C14H12F3N5O7S/c1-8(2)26-14(24)10-6-9(4-5-11(10)17)22-13(23)7-12(16(18,19)20)21(3)15(22)25;1-28-8-5-9(29-2)20-12(19-8)21-13(25)22-30(26,27)10-6(11(23)24)3-4-7(18-10)14(15,16)17/h4-8H,1-3H3;3-5H,1-2H3,(H,23,24)(H2,19,20,21,22,25). The third-order valence-electron chi connectivity index (χ3n) is 6.57. The molecule has 0 bridgehead atoms. The number of carboxylic acids is 1. The third-order valence-corrected chi connectivity index (χ3v) is 8.17. The fourth-order valence-corrected chi connectivity index (χ4v) is 5.40. The number of carbonyl (C=O) groups is 3. The highest BCUT2D eigenvalue weighted by molar-refractivity contribution is 7.90. The second-order valence-electron chi connectivity index (χ2n) is 10.8. The molecule has 0 saturated carbocycles. The Labute approximate surface area is 314 Å². The molecule has 4 aromatic rings. The zero-order valence-electron chi connectivity index (χ0n) is 28.9. The largest absolute Gasteiger partial charge is 0.481 e. The van der Waals surface area contributed by atoms with Crippen LogP contribution in [-0.4, -0.2) is 75.9 Å². The Morgan fingerprint density at radius 3 is 1.96 bits per heavy atom. The van der Waals surface area contributed by atoms with Crippen LogP contribution >= 0.6 is 11.6 Å². The third kappa shape index (κ3) is 10.7. The Bertz CT molecular complexity index is 2380. The van der Waals surface area contributed by atoms with Gasteiger partial charge in [-0.3, -0.25) is 14.7 Å². The van der Waals surface area contributed by atoms with Crippen LogP contribution in [0.1, 0.15) is 46.0 Å². The van der Waals surface area contributed by atoms with Crippen molar-refractivity contribution >= 4 is 45.5 Å². The van der Waals surface area contributed by atoms with Crippen LogP contribution in [0.5, 0.6) is 11.8 Å². The van der Waals surface area contributed by atoms with Crippen molar-refractivity contribution in [2.75, 3.05) is 19.5 Å². The lowest BCUT2D eigenvalue weighted by Gasteiger charge is -2.15. The van der Waals surface area contributed by atoms with E-state index in [1.165, 1.54) is 37.1 Å². The summed E-state index contributed by atoms with van der Waals surface area (Å²) in [6.07, 6.45) is -10.4. The number of amides is 2. The maximum atomic E-state index is 12.9. The van der Waals surface area contributed by atoms with Crippen LogP contribution in [0.3, 0.4) is 0 Å². The highest BCUT2D eigenvalue weighted by Gasteiger charge is 2.37. The van der Waals surface area contributed by atoms with Crippen LogP contribution in [0.2, 0.25) is 5.02 Å². The van der Waals surface area contributed by atoms with Crippen LogP contribution in [0.15, 0.2) is 57.1 Å². The summed E-state index contributed by atoms with van der Waals surface area (Å²) >= 11 is 5.94. The fourth-order valence-electron chi connectivity index (χ4n) is 4.15. The number of benzene rings is 1. The highest BCUT2D eigenvalue weighted by atomic mass is 35.5. The van der Waals surface area contributed by atoms with Crippen molar-refractivity contribution in [2.45, 2.75) is 37.3 Å². The van der Waals surface area contributed by atoms with Crippen molar-refractivity contribution in [1.82, 2.24) is 28.8 Å². The van der Waals surface area contributed by atoms with Crippen molar-refractivity contribution in [3.05, 3.63) is 90.8 Å². The van der Waals surface area contributed by atoms with Gasteiger partial charge in [-0.2, -0.15) is 44.7 Å². The number of nitrogens with one attached hydrogen (secondary N) is 2. The summed E-state index contributed by atoms with van der Waals surface area (Å²) < 4.78 is 119. The van der Waals surface area contributed by atoms with Gasteiger partial charge in [-0.15, -0.1) is 0 Å². The number of hydrogen-bond donors (Lipinski definition) is 3. The monoisotopic (exact) mass is 841 g/mol. The molecule has 0 atom stereocenters. The Hall–Kier alpha value is -6.24. The Morgan fingerprint density at radius 1 is 0.875 bits per heavy atom. The molecule has 0 radical (unpaired) electrons. The zero-order valence-corrected chi connectivity index (χ0v) is 30.5. The van der Waals surface area contributed by atoms with Gasteiger partial charge in [0.25, 0.3) is 15.6 Å². The van der Waals surface area contributed by atoms with Crippen LogP contribution in [0.4, 0.5) is 37.1 Å². The van der Waals surface area contributed by atoms with Gasteiger partial charge in [-0.05, 0) is 44.2 Å². The first kappa shape index (κ1) is 44.2. The second kappa shape index (κ2) is 17.1. The number of aromatic carboxylic acids is 1. The van der Waals surface area contributed by atoms with E-state index in [0.717, 1.165) is 13.1 Å². The van der Waals surface area contributed by atoms with E-state index in [0.29, 0.717) is 27.3 Å². The van der Waals surface area contributed by atoms with Crippen LogP contribution in [0, 0.1) is 0 Å². The van der Waals surface area contributed by atoms with Gasteiger partial charge < -0.3 is 19.3 Å². The van der Waals surface area contributed by atoms with Gasteiger partial charge in [0.15, 0.2) is 5.03 Å². The molecule has 56 heavy (non-hydrogen) atoms. The molecule has 1 aromatic carbocycles. The van der Waals surface area contributed by atoms with Crippen molar-refractivity contribution in [1.29, 1.82) is 0 Å².